The number of nitrogens with one attached hydrogen (secondary N) is 2. The van der Waals surface area contributed by atoms with E-state index < -0.39 is 0 Å². The van der Waals surface area contributed by atoms with Gasteiger partial charge in [-0.1, -0.05) is 48.0 Å². The lowest BCUT2D eigenvalue weighted by Crippen LogP contribution is -2.51. The van der Waals surface area contributed by atoms with Gasteiger partial charge >= 0.3 is 0 Å². The van der Waals surface area contributed by atoms with Gasteiger partial charge in [0.15, 0.2) is 0 Å². The Morgan fingerprint density at radius 2 is 1.65 bits per heavy atom. The summed E-state index contributed by atoms with van der Waals surface area (Å²) in [5.41, 5.74) is 7.97. The molecule has 0 radical (unpaired) electrons. The SMILES string of the molecule is CC(=O)NCCNCc1cc(Cl)c(OCc2cccc(-c3cccc(OCCCN4CCC5(CC4)COC5)c3C)c2C)cc1OCc1cccnc1. The van der Waals surface area contributed by atoms with Crippen molar-refractivity contribution >= 4 is 17.5 Å². The van der Waals surface area contributed by atoms with Gasteiger partial charge in [0.2, 0.25) is 5.91 Å². The number of rotatable bonds is 17. The van der Waals surface area contributed by atoms with E-state index in [1.54, 1.807) is 12.4 Å². The number of hydrogen-bond donors (Lipinski definition) is 2. The summed E-state index contributed by atoms with van der Waals surface area (Å²) >= 11 is 6.79. The summed E-state index contributed by atoms with van der Waals surface area (Å²) in [7, 11) is 0. The van der Waals surface area contributed by atoms with E-state index in [4.69, 9.17) is 30.5 Å². The minimum atomic E-state index is -0.0578. The highest BCUT2D eigenvalue weighted by atomic mass is 35.5. The number of halogens is 1. The van der Waals surface area contributed by atoms with Crippen molar-refractivity contribution in [1.29, 1.82) is 0 Å². The number of carbonyl (C=O) groups is 1. The molecule has 1 amide bonds. The van der Waals surface area contributed by atoms with Crippen LogP contribution in [0.1, 0.15) is 54.0 Å². The average Bonchev–Trinajstić information content (AvgIpc) is 3.13. The van der Waals surface area contributed by atoms with Crippen molar-refractivity contribution in [3.8, 4) is 28.4 Å². The van der Waals surface area contributed by atoms with Crippen molar-refractivity contribution in [3.05, 3.63) is 106 Å². The number of nitrogens with zero attached hydrogens (tertiary/aromatic N) is 2. The van der Waals surface area contributed by atoms with Crippen LogP contribution in [0.15, 0.2) is 73.1 Å². The Kier molecular flexibility index (Phi) is 13.1. The number of likely N-dealkylation sites (tertiary alicyclic amines) is 1. The van der Waals surface area contributed by atoms with E-state index in [9.17, 15) is 4.79 Å². The van der Waals surface area contributed by atoms with Crippen LogP contribution in [0.3, 0.4) is 0 Å². The summed E-state index contributed by atoms with van der Waals surface area (Å²) in [5.74, 6) is 2.08. The van der Waals surface area contributed by atoms with E-state index in [0.29, 0.717) is 61.4 Å². The molecule has 3 aromatic carbocycles. The van der Waals surface area contributed by atoms with Crippen LogP contribution < -0.4 is 24.8 Å². The average molecular weight is 727 g/mol. The number of benzene rings is 3. The third-order valence-electron chi connectivity index (χ3n) is 10.2. The van der Waals surface area contributed by atoms with E-state index in [0.717, 1.165) is 84.0 Å². The van der Waals surface area contributed by atoms with Crippen LogP contribution in [0, 0.1) is 19.3 Å². The van der Waals surface area contributed by atoms with Gasteiger partial charge < -0.3 is 34.5 Å². The minimum Gasteiger partial charge on any atom is -0.493 e. The molecule has 0 aliphatic carbocycles. The molecule has 2 fully saturated rings. The molecule has 9 nitrogen and oxygen atoms in total. The van der Waals surface area contributed by atoms with Crippen LogP contribution in [0.25, 0.3) is 11.1 Å². The molecule has 4 aromatic rings. The number of pyridine rings is 1. The second-order valence-corrected chi connectivity index (χ2v) is 14.5. The zero-order chi connectivity index (χ0) is 36.3. The van der Waals surface area contributed by atoms with E-state index in [2.05, 4.69) is 70.8 Å². The molecule has 2 aliphatic heterocycles. The number of piperidine rings is 1. The summed E-state index contributed by atoms with van der Waals surface area (Å²) in [6.45, 7) is 14.1. The Balaban J connectivity index is 1.09. The van der Waals surface area contributed by atoms with Gasteiger partial charge in [0, 0.05) is 68.1 Å². The lowest BCUT2D eigenvalue weighted by Gasteiger charge is -2.47. The second kappa shape index (κ2) is 18.1. The van der Waals surface area contributed by atoms with Crippen molar-refractivity contribution in [1.82, 2.24) is 20.5 Å². The molecule has 1 spiro atoms. The van der Waals surface area contributed by atoms with Gasteiger partial charge in [-0.3, -0.25) is 9.78 Å². The number of ether oxygens (including phenoxy) is 4. The third kappa shape index (κ3) is 9.83. The van der Waals surface area contributed by atoms with Gasteiger partial charge in [-0.2, -0.15) is 0 Å². The molecule has 1 aromatic heterocycles. The third-order valence-corrected chi connectivity index (χ3v) is 10.5. The van der Waals surface area contributed by atoms with Gasteiger partial charge in [-0.15, -0.1) is 0 Å². The first-order valence-corrected chi connectivity index (χ1v) is 18.7. The number of amides is 1. The predicted octanol–water partition coefficient (Wildman–Crippen LogP) is 7.28. The maximum absolute atomic E-state index is 11.2. The molecule has 6 rings (SSSR count). The highest BCUT2D eigenvalue weighted by Gasteiger charge is 2.40. The van der Waals surface area contributed by atoms with Gasteiger partial charge in [0.05, 0.1) is 24.8 Å². The maximum Gasteiger partial charge on any atom is 0.216 e. The molecule has 0 atom stereocenters. The Morgan fingerprint density at radius 1 is 0.885 bits per heavy atom. The zero-order valence-electron chi connectivity index (χ0n) is 30.6. The molecule has 3 heterocycles. The fraction of sp³-hybridized carbons (Fsp3) is 0.429. The van der Waals surface area contributed by atoms with Crippen LogP contribution >= 0.6 is 11.6 Å². The van der Waals surface area contributed by atoms with Gasteiger partial charge in [0.1, 0.15) is 30.5 Å². The Bertz CT molecular complexity index is 1790. The van der Waals surface area contributed by atoms with Crippen molar-refractivity contribution in [2.45, 2.75) is 59.8 Å². The molecular formula is C42H51ClN4O5. The number of aromatic nitrogens is 1. The fourth-order valence-electron chi connectivity index (χ4n) is 6.90. The smallest absolute Gasteiger partial charge is 0.216 e. The van der Waals surface area contributed by atoms with E-state index in [1.165, 1.54) is 19.8 Å². The van der Waals surface area contributed by atoms with Gasteiger partial charge in [-0.25, -0.2) is 0 Å². The van der Waals surface area contributed by atoms with Crippen LogP contribution in [-0.2, 0) is 29.3 Å². The van der Waals surface area contributed by atoms with Crippen LogP contribution in [0.4, 0.5) is 0 Å². The Morgan fingerprint density at radius 3 is 2.38 bits per heavy atom. The van der Waals surface area contributed by atoms with Crippen molar-refractivity contribution in [2.75, 3.05) is 52.5 Å². The summed E-state index contributed by atoms with van der Waals surface area (Å²) in [5, 5.41) is 6.65. The maximum atomic E-state index is 11.2. The quantitative estimate of drug-likeness (QED) is 0.110. The van der Waals surface area contributed by atoms with Crippen molar-refractivity contribution in [2.24, 2.45) is 5.41 Å². The highest BCUT2D eigenvalue weighted by Crippen LogP contribution is 2.39. The Hall–Kier alpha value is -4.15. The first-order valence-electron chi connectivity index (χ1n) is 18.3. The van der Waals surface area contributed by atoms with Crippen molar-refractivity contribution < 1.29 is 23.7 Å². The topological polar surface area (TPSA) is 94.2 Å². The molecular weight excluding hydrogens is 676 g/mol. The highest BCUT2D eigenvalue weighted by molar-refractivity contribution is 6.32. The molecule has 2 N–H and O–H groups in total. The minimum absolute atomic E-state index is 0.0578. The summed E-state index contributed by atoms with van der Waals surface area (Å²) in [6.07, 6.45) is 7.03. The zero-order valence-corrected chi connectivity index (χ0v) is 31.4. The molecule has 276 valence electrons. The van der Waals surface area contributed by atoms with Gasteiger partial charge in [0.25, 0.3) is 0 Å². The van der Waals surface area contributed by atoms with Crippen LogP contribution in [0.5, 0.6) is 17.2 Å². The van der Waals surface area contributed by atoms with Crippen LogP contribution in [0.2, 0.25) is 5.02 Å². The van der Waals surface area contributed by atoms with Crippen molar-refractivity contribution in [3.63, 3.8) is 0 Å². The molecule has 0 unspecified atom stereocenters. The van der Waals surface area contributed by atoms with E-state index in [-0.39, 0.29) is 5.91 Å². The predicted molar refractivity (Wildman–Crippen MR) is 205 cm³/mol. The molecule has 0 bridgehead atoms. The van der Waals surface area contributed by atoms with E-state index >= 15 is 0 Å². The molecule has 2 saturated heterocycles. The summed E-state index contributed by atoms with van der Waals surface area (Å²) in [6, 6.07) is 20.2. The molecule has 10 heteroatoms. The largest absolute Gasteiger partial charge is 0.493 e. The summed E-state index contributed by atoms with van der Waals surface area (Å²) in [4.78, 5) is 18.0. The fourth-order valence-corrected chi connectivity index (χ4v) is 7.14. The monoisotopic (exact) mass is 726 g/mol. The second-order valence-electron chi connectivity index (χ2n) is 14.0. The normalized spacial score (nSPS) is 15.2. The lowest BCUT2D eigenvalue weighted by molar-refractivity contribution is -0.139. The summed E-state index contributed by atoms with van der Waals surface area (Å²) < 4.78 is 24.5. The number of hydrogen-bond acceptors (Lipinski definition) is 8. The first-order chi connectivity index (χ1) is 25.3. The molecule has 52 heavy (non-hydrogen) atoms. The lowest BCUT2D eigenvalue weighted by atomic mass is 9.77. The standard InChI is InChI=1S/C42H51ClN4O5/c1-30-34(27-52-41-23-40(51-26-33-8-6-15-44-24-33)35(22-38(41)43)25-45-16-17-46-32(3)48)9-4-10-36(30)37-11-5-12-39(31(37)2)50-21-7-18-47-19-13-42(14-20-47)28-49-29-42/h4-6,8-12,15,22-24,45H,7,13-14,16-21,25-29H2,1-3H3,(H,46,48). The number of carbonyl (C=O) groups excluding carboxylic acids is 1. The molecule has 0 saturated carbocycles. The first kappa shape index (κ1) is 37.6. The van der Waals surface area contributed by atoms with E-state index in [1.807, 2.05) is 24.3 Å². The van der Waals surface area contributed by atoms with Gasteiger partial charge in [-0.05, 0) is 92.2 Å². The van der Waals surface area contributed by atoms with Crippen LogP contribution in [-0.4, -0.2) is 68.3 Å². The molecule has 2 aliphatic rings. The Labute approximate surface area is 313 Å².